The molecule has 1 aliphatic rings. The summed E-state index contributed by atoms with van der Waals surface area (Å²) in [4.78, 5) is 38.7. The van der Waals surface area contributed by atoms with Gasteiger partial charge < -0.3 is 14.6 Å². The van der Waals surface area contributed by atoms with Crippen molar-refractivity contribution in [1.29, 1.82) is 0 Å². The fourth-order valence-electron chi connectivity index (χ4n) is 3.41. The van der Waals surface area contributed by atoms with Crippen LogP contribution in [0.1, 0.15) is 80.6 Å². The van der Waals surface area contributed by atoms with E-state index in [1.165, 1.54) is 6.92 Å². The SMILES string of the molecule is CC(C)(C)OC(=O)CN(C(=O)OC(C)(C)C)[C@@](C)(C(=O)O)C1CCCCC1. The van der Waals surface area contributed by atoms with Crippen LogP contribution >= 0.6 is 0 Å². The van der Waals surface area contributed by atoms with Gasteiger partial charge in [0.1, 0.15) is 23.3 Å². The van der Waals surface area contributed by atoms with E-state index in [1.54, 1.807) is 41.5 Å². The molecule has 7 nitrogen and oxygen atoms in total. The number of ether oxygens (including phenoxy) is 2. The molecule has 0 aromatic heterocycles. The Morgan fingerprint density at radius 1 is 0.889 bits per heavy atom. The molecule has 156 valence electrons. The molecule has 0 heterocycles. The number of esters is 1. The molecule has 0 aromatic rings. The summed E-state index contributed by atoms with van der Waals surface area (Å²) >= 11 is 0. The molecule has 7 heteroatoms. The van der Waals surface area contributed by atoms with E-state index in [0.717, 1.165) is 24.2 Å². The summed E-state index contributed by atoms with van der Waals surface area (Å²) in [6.45, 7) is 11.3. The van der Waals surface area contributed by atoms with Crippen LogP contribution in [0.25, 0.3) is 0 Å². The maximum atomic E-state index is 12.9. The lowest BCUT2D eigenvalue weighted by molar-refractivity contribution is -0.164. The number of amides is 1. The Morgan fingerprint density at radius 2 is 1.37 bits per heavy atom. The summed E-state index contributed by atoms with van der Waals surface area (Å²) in [6, 6.07) is 0. The second-order valence-electron chi connectivity index (χ2n) is 9.44. The zero-order chi connectivity index (χ0) is 21.0. The molecular formula is C20H35NO6. The zero-order valence-electron chi connectivity index (χ0n) is 17.8. The number of carboxylic acids is 1. The van der Waals surface area contributed by atoms with E-state index in [1.807, 2.05) is 0 Å². The van der Waals surface area contributed by atoms with Crippen molar-refractivity contribution in [3.63, 3.8) is 0 Å². The molecule has 1 rings (SSSR count). The Morgan fingerprint density at radius 3 is 1.78 bits per heavy atom. The number of carboxylic acid groups (broad SMARTS) is 1. The van der Waals surface area contributed by atoms with Crippen molar-refractivity contribution >= 4 is 18.0 Å². The second kappa shape index (κ2) is 8.48. The van der Waals surface area contributed by atoms with Crippen molar-refractivity contribution in [2.75, 3.05) is 6.54 Å². The van der Waals surface area contributed by atoms with Crippen molar-refractivity contribution in [3.8, 4) is 0 Å². The van der Waals surface area contributed by atoms with Crippen LogP contribution in [0.2, 0.25) is 0 Å². The number of carbonyl (C=O) groups excluding carboxylic acids is 2. The molecule has 0 radical (unpaired) electrons. The number of rotatable bonds is 5. The van der Waals surface area contributed by atoms with Gasteiger partial charge in [-0.15, -0.1) is 0 Å². The van der Waals surface area contributed by atoms with Crippen LogP contribution in [-0.2, 0) is 19.1 Å². The van der Waals surface area contributed by atoms with Crippen LogP contribution in [0.15, 0.2) is 0 Å². The van der Waals surface area contributed by atoms with Gasteiger partial charge in [-0.1, -0.05) is 19.3 Å². The topological polar surface area (TPSA) is 93.1 Å². The van der Waals surface area contributed by atoms with Crippen molar-refractivity contribution in [2.45, 2.75) is 97.3 Å². The third-order valence-corrected chi connectivity index (χ3v) is 4.71. The average Bonchev–Trinajstić information content (AvgIpc) is 2.49. The largest absolute Gasteiger partial charge is 0.479 e. The van der Waals surface area contributed by atoms with Gasteiger partial charge in [0, 0.05) is 0 Å². The smallest absolute Gasteiger partial charge is 0.411 e. The average molecular weight is 386 g/mol. The minimum Gasteiger partial charge on any atom is -0.479 e. The molecule has 0 spiro atoms. The highest BCUT2D eigenvalue weighted by molar-refractivity contribution is 5.87. The van der Waals surface area contributed by atoms with E-state index in [0.29, 0.717) is 12.8 Å². The number of hydrogen-bond donors (Lipinski definition) is 1. The van der Waals surface area contributed by atoms with E-state index in [9.17, 15) is 19.5 Å². The highest BCUT2D eigenvalue weighted by Crippen LogP contribution is 2.37. The summed E-state index contributed by atoms with van der Waals surface area (Å²) in [5, 5.41) is 10.0. The summed E-state index contributed by atoms with van der Waals surface area (Å²) in [7, 11) is 0. The molecule has 1 saturated carbocycles. The Labute approximate surface area is 162 Å². The van der Waals surface area contributed by atoms with Crippen LogP contribution in [0.5, 0.6) is 0 Å². The Bertz CT molecular complexity index is 554. The molecular weight excluding hydrogens is 350 g/mol. The van der Waals surface area contributed by atoms with Crippen LogP contribution in [0.4, 0.5) is 4.79 Å². The molecule has 1 atom stereocenters. The van der Waals surface area contributed by atoms with E-state index < -0.39 is 41.3 Å². The fourth-order valence-corrected chi connectivity index (χ4v) is 3.41. The van der Waals surface area contributed by atoms with Gasteiger partial charge in [0.25, 0.3) is 0 Å². The molecule has 1 N–H and O–H groups in total. The molecule has 0 aliphatic heterocycles. The molecule has 1 amide bonds. The Kier molecular flexibility index (Phi) is 7.30. The predicted molar refractivity (Wildman–Crippen MR) is 101 cm³/mol. The van der Waals surface area contributed by atoms with Gasteiger partial charge in [0.2, 0.25) is 0 Å². The molecule has 0 aromatic carbocycles. The van der Waals surface area contributed by atoms with Gasteiger partial charge in [0.15, 0.2) is 0 Å². The van der Waals surface area contributed by atoms with E-state index in [-0.39, 0.29) is 5.92 Å². The van der Waals surface area contributed by atoms with Gasteiger partial charge in [-0.3, -0.25) is 9.69 Å². The number of aliphatic carboxylic acids is 1. The van der Waals surface area contributed by atoms with Gasteiger partial charge >= 0.3 is 18.0 Å². The van der Waals surface area contributed by atoms with Gasteiger partial charge in [-0.2, -0.15) is 0 Å². The quantitative estimate of drug-likeness (QED) is 0.719. The van der Waals surface area contributed by atoms with Crippen molar-refractivity contribution in [3.05, 3.63) is 0 Å². The first-order chi connectivity index (χ1) is 12.2. The minimum atomic E-state index is -1.54. The number of nitrogens with zero attached hydrogens (tertiary/aromatic N) is 1. The molecule has 0 bridgehead atoms. The third kappa shape index (κ3) is 6.70. The van der Waals surface area contributed by atoms with Crippen molar-refractivity contribution in [2.24, 2.45) is 5.92 Å². The first-order valence-corrected chi connectivity index (χ1v) is 9.62. The van der Waals surface area contributed by atoms with E-state index in [2.05, 4.69) is 0 Å². The monoisotopic (exact) mass is 385 g/mol. The summed E-state index contributed by atoms with van der Waals surface area (Å²) in [5.74, 6) is -2.04. The summed E-state index contributed by atoms with van der Waals surface area (Å²) in [5.41, 5.74) is -3.09. The van der Waals surface area contributed by atoms with Crippen molar-refractivity contribution < 1.29 is 29.0 Å². The molecule has 0 unspecified atom stereocenters. The van der Waals surface area contributed by atoms with E-state index in [4.69, 9.17) is 9.47 Å². The Hall–Kier alpha value is -1.79. The Balaban J connectivity index is 3.24. The lowest BCUT2D eigenvalue weighted by atomic mass is 9.74. The zero-order valence-corrected chi connectivity index (χ0v) is 17.8. The first kappa shape index (κ1) is 23.2. The van der Waals surface area contributed by atoms with Crippen molar-refractivity contribution in [1.82, 2.24) is 4.90 Å². The van der Waals surface area contributed by atoms with Crippen LogP contribution in [-0.4, -0.2) is 51.3 Å². The van der Waals surface area contributed by atoms with Gasteiger partial charge in [-0.05, 0) is 67.2 Å². The first-order valence-electron chi connectivity index (χ1n) is 9.62. The number of hydrogen-bond acceptors (Lipinski definition) is 5. The van der Waals surface area contributed by atoms with E-state index >= 15 is 0 Å². The minimum absolute atomic E-state index is 0.251. The van der Waals surface area contributed by atoms with Crippen LogP contribution < -0.4 is 0 Å². The molecule has 1 fully saturated rings. The maximum Gasteiger partial charge on any atom is 0.411 e. The molecule has 0 saturated heterocycles. The highest BCUT2D eigenvalue weighted by Gasteiger charge is 2.51. The maximum absolute atomic E-state index is 12.9. The van der Waals surface area contributed by atoms with Crippen LogP contribution in [0.3, 0.4) is 0 Å². The fraction of sp³-hybridized carbons (Fsp3) is 0.850. The predicted octanol–water partition coefficient (Wildman–Crippen LogP) is 3.99. The second-order valence-corrected chi connectivity index (χ2v) is 9.44. The normalized spacial score (nSPS) is 18.3. The van der Waals surface area contributed by atoms with Gasteiger partial charge in [-0.25, -0.2) is 9.59 Å². The lowest BCUT2D eigenvalue weighted by Gasteiger charge is -2.44. The lowest BCUT2D eigenvalue weighted by Crippen LogP contribution is -2.62. The van der Waals surface area contributed by atoms with Gasteiger partial charge in [0.05, 0.1) is 0 Å². The third-order valence-electron chi connectivity index (χ3n) is 4.71. The standard InChI is InChI=1S/C20H35NO6/c1-18(2,3)26-15(22)13-21(17(25)27-19(4,5)6)20(7,16(23)24)14-11-9-8-10-12-14/h14H,8-13H2,1-7H3,(H,23,24)/t20-/m1/s1. The number of carbonyl (C=O) groups is 3. The molecule has 27 heavy (non-hydrogen) atoms. The highest BCUT2D eigenvalue weighted by atomic mass is 16.6. The van der Waals surface area contributed by atoms with Crippen LogP contribution in [0, 0.1) is 5.92 Å². The summed E-state index contributed by atoms with van der Waals surface area (Å²) in [6.07, 6.45) is 3.42. The summed E-state index contributed by atoms with van der Waals surface area (Å²) < 4.78 is 10.8. The molecule has 1 aliphatic carbocycles.